The molecule has 0 unspecified atom stereocenters. The fourth-order valence-corrected chi connectivity index (χ4v) is 2.06. The molecule has 5 heteroatoms. The lowest BCUT2D eigenvalue weighted by Gasteiger charge is -2.14. The van der Waals surface area contributed by atoms with Gasteiger partial charge in [-0.1, -0.05) is 36.0 Å². The van der Waals surface area contributed by atoms with Crippen LogP contribution in [-0.4, -0.2) is 10.9 Å². The predicted octanol–water partition coefficient (Wildman–Crippen LogP) is 3.89. The van der Waals surface area contributed by atoms with Gasteiger partial charge in [-0.15, -0.1) is 0 Å². The van der Waals surface area contributed by atoms with E-state index in [0.717, 1.165) is 5.56 Å². The Morgan fingerprint density at radius 2 is 2.00 bits per heavy atom. The number of nitrogens with one attached hydrogen (secondary N) is 2. The lowest BCUT2D eigenvalue weighted by molar-refractivity contribution is 0.0939. The highest BCUT2D eigenvalue weighted by atomic mass is 35.5. The highest BCUT2D eigenvalue weighted by Crippen LogP contribution is 2.16. The molecule has 0 aliphatic carbocycles. The first-order valence-corrected chi connectivity index (χ1v) is 6.60. The number of pyridine rings is 1. The lowest BCUT2D eigenvalue weighted by Crippen LogP contribution is -2.27. The van der Waals surface area contributed by atoms with Gasteiger partial charge in [0.25, 0.3) is 5.91 Å². The number of H-pyrrole nitrogens is 1. The Morgan fingerprint density at radius 1 is 1.32 bits per heavy atom. The first-order chi connectivity index (χ1) is 9.08. The van der Waals surface area contributed by atoms with Gasteiger partial charge < -0.3 is 10.3 Å². The fourth-order valence-electron chi connectivity index (χ4n) is 1.71. The smallest absolute Gasteiger partial charge is 0.254 e. The molecule has 0 spiro atoms. The van der Waals surface area contributed by atoms with Gasteiger partial charge in [-0.2, -0.15) is 0 Å². The molecule has 0 aliphatic heterocycles. The number of aromatic nitrogens is 1. The molecule has 0 aliphatic rings. The maximum absolute atomic E-state index is 12.1. The molecular formula is C14H13ClN2OS. The summed E-state index contributed by atoms with van der Waals surface area (Å²) in [5.41, 5.74) is 1.46. The van der Waals surface area contributed by atoms with Crippen LogP contribution in [0.4, 0.5) is 0 Å². The van der Waals surface area contributed by atoms with Crippen molar-refractivity contribution >= 4 is 29.7 Å². The minimum atomic E-state index is -0.190. The number of aromatic amines is 1. The van der Waals surface area contributed by atoms with Crippen LogP contribution in [0.2, 0.25) is 5.02 Å². The van der Waals surface area contributed by atoms with E-state index in [1.807, 2.05) is 19.1 Å². The number of amides is 1. The van der Waals surface area contributed by atoms with Crippen LogP contribution in [0.1, 0.15) is 28.9 Å². The minimum Gasteiger partial charge on any atom is -0.352 e. The van der Waals surface area contributed by atoms with Crippen molar-refractivity contribution < 1.29 is 4.79 Å². The van der Waals surface area contributed by atoms with Crippen LogP contribution in [0.3, 0.4) is 0 Å². The zero-order chi connectivity index (χ0) is 13.8. The van der Waals surface area contributed by atoms with Crippen molar-refractivity contribution in [3.05, 3.63) is 63.4 Å². The monoisotopic (exact) mass is 292 g/mol. The summed E-state index contributed by atoms with van der Waals surface area (Å²) in [6, 6.07) is 10.7. The van der Waals surface area contributed by atoms with Gasteiger partial charge in [-0.05, 0) is 36.8 Å². The largest absolute Gasteiger partial charge is 0.352 e. The Hall–Kier alpha value is -1.65. The van der Waals surface area contributed by atoms with Gasteiger partial charge in [-0.3, -0.25) is 4.79 Å². The Bertz CT molecular complexity index is 636. The average molecular weight is 293 g/mol. The standard InChI is InChI=1S/C14H13ClN2OS/c1-9(10-4-6-11(15)7-5-10)17-13(18)12-3-2-8-16-14(12)19/h2-9H,1H3,(H,16,19)(H,17,18)/t9-/m1/s1. The number of carbonyl (C=O) groups excluding carboxylic acids is 1. The second kappa shape index (κ2) is 5.99. The number of rotatable bonds is 3. The molecule has 2 rings (SSSR count). The van der Waals surface area contributed by atoms with E-state index in [1.165, 1.54) is 0 Å². The molecule has 1 aromatic carbocycles. The predicted molar refractivity (Wildman–Crippen MR) is 79.0 cm³/mol. The van der Waals surface area contributed by atoms with E-state index in [4.69, 9.17) is 23.8 Å². The minimum absolute atomic E-state index is 0.112. The van der Waals surface area contributed by atoms with Crippen LogP contribution < -0.4 is 5.32 Å². The van der Waals surface area contributed by atoms with Crippen LogP contribution in [0.15, 0.2) is 42.6 Å². The first kappa shape index (κ1) is 13.8. The van der Waals surface area contributed by atoms with Crippen LogP contribution in [-0.2, 0) is 0 Å². The molecule has 2 N–H and O–H groups in total. The maximum Gasteiger partial charge on any atom is 0.254 e. The number of hydrogen-bond donors (Lipinski definition) is 2. The summed E-state index contributed by atoms with van der Waals surface area (Å²) in [6.45, 7) is 1.91. The summed E-state index contributed by atoms with van der Waals surface area (Å²) in [5.74, 6) is -0.190. The van der Waals surface area contributed by atoms with Gasteiger partial charge >= 0.3 is 0 Å². The Morgan fingerprint density at radius 3 is 2.63 bits per heavy atom. The molecule has 0 saturated carbocycles. The summed E-state index contributed by atoms with van der Waals surface area (Å²) in [7, 11) is 0. The Kier molecular flexibility index (Phi) is 4.35. The van der Waals surface area contributed by atoms with Crippen molar-refractivity contribution in [3.63, 3.8) is 0 Å². The molecule has 3 nitrogen and oxygen atoms in total. The van der Waals surface area contributed by atoms with E-state index in [0.29, 0.717) is 15.2 Å². The maximum atomic E-state index is 12.1. The number of carbonyl (C=O) groups is 1. The molecule has 0 saturated heterocycles. The fraction of sp³-hybridized carbons (Fsp3) is 0.143. The lowest BCUT2D eigenvalue weighted by atomic mass is 10.1. The molecule has 1 aromatic heterocycles. The summed E-state index contributed by atoms with van der Waals surface area (Å²) >= 11 is 10.9. The number of hydrogen-bond acceptors (Lipinski definition) is 2. The van der Waals surface area contributed by atoms with E-state index >= 15 is 0 Å². The summed E-state index contributed by atoms with van der Waals surface area (Å²) < 4.78 is 0.434. The number of halogens is 1. The van der Waals surface area contributed by atoms with E-state index < -0.39 is 0 Å². The van der Waals surface area contributed by atoms with Gasteiger partial charge in [0, 0.05) is 11.2 Å². The summed E-state index contributed by atoms with van der Waals surface area (Å²) in [4.78, 5) is 14.9. The van der Waals surface area contributed by atoms with E-state index in [-0.39, 0.29) is 11.9 Å². The third kappa shape index (κ3) is 3.43. The zero-order valence-electron chi connectivity index (χ0n) is 10.3. The van der Waals surface area contributed by atoms with Crippen LogP contribution in [0.25, 0.3) is 0 Å². The van der Waals surface area contributed by atoms with E-state index in [2.05, 4.69) is 10.3 Å². The third-order valence-electron chi connectivity index (χ3n) is 2.78. The van der Waals surface area contributed by atoms with E-state index in [9.17, 15) is 4.79 Å². The Balaban J connectivity index is 2.13. The number of benzene rings is 1. The topological polar surface area (TPSA) is 44.9 Å². The quantitative estimate of drug-likeness (QED) is 0.843. The van der Waals surface area contributed by atoms with Crippen LogP contribution in [0.5, 0.6) is 0 Å². The zero-order valence-corrected chi connectivity index (χ0v) is 11.9. The second-order valence-corrected chi connectivity index (χ2v) is 5.00. The molecule has 1 heterocycles. The van der Waals surface area contributed by atoms with Crippen molar-refractivity contribution in [1.29, 1.82) is 0 Å². The van der Waals surface area contributed by atoms with Crippen molar-refractivity contribution in [3.8, 4) is 0 Å². The average Bonchev–Trinajstić information content (AvgIpc) is 2.39. The molecule has 98 valence electrons. The van der Waals surface area contributed by atoms with Gasteiger partial charge in [0.05, 0.1) is 11.6 Å². The van der Waals surface area contributed by atoms with Gasteiger partial charge in [0.1, 0.15) is 4.64 Å². The van der Waals surface area contributed by atoms with Crippen molar-refractivity contribution in [2.75, 3.05) is 0 Å². The van der Waals surface area contributed by atoms with Crippen molar-refractivity contribution in [2.24, 2.45) is 0 Å². The van der Waals surface area contributed by atoms with Crippen molar-refractivity contribution in [2.45, 2.75) is 13.0 Å². The highest BCUT2D eigenvalue weighted by Gasteiger charge is 2.12. The van der Waals surface area contributed by atoms with E-state index in [1.54, 1.807) is 30.5 Å². The summed E-state index contributed by atoms with van der Waals surface area (Å²) in [5, 5.41) is 3.58. The normalized spacial score (nSPS) is 11.9. The third-order valence-corrected chi connectivity index (χ3v) is 3.37. The van der Waals surface area contributed by atoms with Gasteiger partial charge in [0.2, 0.25) is 0 Å². The van der Waals surface area contributed by atoms with Gasteiger partial charge in [-0.25, -0.2) is 0 Å². The van der Waals surface area contributed by atoms with Gasteiger partial charge in [0.15, 0.2) is 0 Å². The molecule has 0 bridgehead atoms. The van der Waals surface area contributed by atoms with Crippen LogP contribution in [0, 0.1) is 4.64 Å². The van der Waals surface area contributed by atoms with Crippen molar-refractivity contribution in [1.82, 2.24) is 10.3 Å². The molecular weight excluding hydrogens is 280 g/mol. The SMILES string of the molecule is C[C@@H](NC(=O)c1ccc[nH]c1=S)c1ccc(Cl)cc1. The molecule has 0 fully saturated rings. The Labute approximate surface area is 121 Å². The summed E-state index contributed by atoms with van der Waals surface area (Å²) in [6.07, 6.45) is 1.70. The first-order valence-electron chi connectivity index (χ1n) is 5.82. The molecule has 1 atom stereocenters. The highest BCUT2D eigenvalue weighted by molar-refractivity contribution is 7.71. The molecule has 1 amide bonds. The second-order valence-electron chi connectivity index (χ2n) is 4.16. The molecule has 0 radical (unpaired) electrons. The molecule has 2 aromatic rings. The molecule has 19 heavy (non-hydrogen) atoms. The van der Waals surface area contributed by atoms with Crippen LogP contribution >= 0.6 is 23.8 Å².